The lowest BCUT2D eigenvalue weighted by molar-refractivity contribution is -0.138. The Morgan fingerprint density at radius 2 is 2.10 bits per heavy atom. The van der Waals surface area contributed by atoms with E-state index in [0.717, 1.165) is 23.9 Å². The van der Waals surface area contributed by atoms with Crippen molar-refractivity contribution >= 4 is 17.7 Å². The summed E-state index contributed by atoms with van der Waals surface area (Å²) in [5.74, 6) is -1.63. The number of hydrogen-bond acceptors (Lipinski definition) is 4. The Hall–Kier alpha value is -2.03. The topological polar surface area (TPSA) is 68.0 Å². The lowest BCUT2D eigenvalue weighted by Gasteiger charge is -2.11. The minimum absolute atomic E-state index is 0.339. The van der Waals surface area contributed by atoms with Gasteiger partial charge in [-0.15, -0.1) is 0 Å². The standard InChI is InChI=1S/C11H8F3N3O2S/c1-17-10(15-5-16-17)20-6-2-3-8(11(12,13)14)7(4-6)9(18)19/h2-5H,1H3,(H,18,19). The van der Waals surface area contributed by atoms with E-state index in [9.17, 15) is 18.0 Å². The largest absolute Gasteiger partial charge is 0.478 e. The van der Waals surface area contributed by atoms with Crippen LogP contribution >= 0.6 is 11.8 Å². The highest BCUT2D eigenvalue weighted by molar-refractivity contribution is 7.99. The molecule has 9 heteroatoms. The molecule has 0 aliphatic carbocycles. The Balaban J connectivity index is 2.41. The number of rotatable bonds is 3. The van der Waals surface area contributed by atoms with Crippen molar-refractivity contribution < 1.29 is 23.1 Å². The minimum Gasteiger partial charge on any atom is -0.478 e. The molecule has 1 heterocycles. The number of aryl methyl sites for hydroxylation is 1. The number of hydrogen-bond donors (Lipinski definition) is 1. The van der Waals surface area contributed by atoms with E-state index in [-0.39, 0.29) is 0 Å². The molecule has 5 nitrogen and oxygen atoms in total. The molecular formula is C11H8F3N3O2S. The van der Waals surface area contributed by atoms with Crippen molar-refractivity contribution in [1.29, 1.82) is 0 Å². The van der Waals surface area contributed by atoms with Gasteiger partial charge in [0.15, 0.2) is 5.16 Å². The number of aromatic nitrogens is 3. The maximum atomic E-state index is 12.7. The van der Waals surface area contributed by atoms with Gasteiger partial charge in [0, 0.05) is 11.9 Å². The third-order valence-electron chi connectivity index (χ3n) is 2.41. The van der Waals surface area contributed by atoms with Gasteiger partial charge >= 0.3 is 12.1 Å². The molecule has 2 rings (SSSR count). The maximum absolute atomic E-state index is 12.7. The molecule has 0 amide bonds. The molecule has 2 aromatic rings. The summed E-state index contributed by atoms with van der Waals surface area (Å²) < 4.78 is 39.5. The Kier molecular flexibility index (Phi) is 3.71. The summed E-state index contributed by atoms with van der Waals surface area (Å²) in [6.07, 6.45) is -3.41. The van der Waals surface area contributed by atoms with Gasteiger partial charge in [-0.3, -0.25) is 0 Å². The molecule has 1 aromatic carbocycles. The van der Waals surface area contributed by atoms with E-state index >= 15 is 0 Å². The molecule has 0 spiro atoms. The number of benzene rings is 1. The second kappa shape index (κ2) is 5.16. The van der Waals surface area contributed by atoms with E-state index in [1.165, 1.54) is 17.1 Å². The normalized spacial score (nSPS) is 11.6. The molecule has 0 unspecified atom stereocenters. The van der Waals surface area contributed by atoms with Gasteiger partial charge in [0.1, 0.15) is 6.33 Å². The van der Waals surface area contributed by atoms with Gasteiger partial charge in [-0.25, -0.2) is 14.5 Å². The van der Waals surface area contributed by atoms with Crippen LogP contribution in [-0.4, -0.2) is 25.8 Å². The first-order valence-electron chi connectivity index (χ1n) is 5.25. The fourth-order valence-corrected chi connectivity index (χ4v) is 2.30. The zero-order valence-electron chi connectivity index (χ0n) is 10.0. The fourth-order valence-electron chi connectivity index (χ4n) is 1.49. The molecule has 0 radical (unpaired) electrons. The third-order valence-corrected chi connectivity index (χ3v) is 3.45. The van der Waals surface area contributed by atoms with E-state index < -0.39 is 23.3 Å². The summed E-state index contributed by atoms with van der Waals surface area (Å²) in [5.41, 5.74) is -1.96. The number of halogens is 3. The molecule has 0 saturated carbocycles. The molecule has 0 aliphatic rings. The van der Waals surface area contributed by atoms with Gasteiger partial charge in [-0.05, 0) is 18.2 Å². The summed E-state index contributed by atoms with van der Waals surface area (Å²) in [6, 6.07) is 2.93. The van der Waals surface area contributed by atoms with Crippen molar-refractivity contribution in [1.82, 2.24) is 14.8 Å². The smallest absolute Gasteiger partial charge is 0.417 e. The fraction of sp³-hybridized carbons (Fsp3) is 0.182. The van der Waals surface area contributed by atoms with Gasteiger partial charge in [-0.1, -0.05) is 11.8 Å². The quantitative estimate of drug-likeness (QED) is 0.944. The number of carboxylic acid groups (broad SMARTS) is 1. The summed E-state index contributed by atoms with van der Waals surface area (Å²) in [5, 5.41) is 13.2. The van der Waals surface area contributed by atoms with Crippen LogP contribution in [0.25, 0.3) is 0 Å². The van der Waals surface area contributed by atoms with Crippen LogP contribution in [0.15, 0.2) is 34.6 Å². The summed E-state index contributed by atoms with van der Waals surface area (Å²) in [6.45, 7) is 0. The van der Waals surface area contributed by atoms with Crippen molar-refractivity contribution in [2.24, 2.45) is 7.05 Å². The SMILES string of the molecule is Cn1ncnc1Sc1ccc(C(F)(F)F)c(C(=O)O)c1. The van der Waals surface area contributed by atoms with Gasteiger partial charge < -0.3 is 5.11 Å². The average Bonchev–Trinajstić information content (AvgIpc) is 2.73. The number of carboxylic acids is 1. The molecular weight excluding hydrogens is 295 g/mol. The van der Waals surface area contributed by atoms with Crippen LogP contribution in [-0.2, 0) is 13.2 Å². The Labute approximate surface area is 115 Å². The Bertz CT molecular complexity index is 655. The molecule has 106 valence electrons. The second-order valence-corrected chi connectivity index (χ2v) is 4.82. The third kappa shape index (κ3) is 2.93. The van der Waals surface area contributed by atoms with Gasteiger partial charge in [-0.2, -0.15) is 18.3 Å². The first-order chi connectivity index (χ1) is 9.29. The summed E-state index contributed by atoms with van der Waals surface area (Å²) >= 11 is 1.03. The van der Waals surface area contributed by atoms with E-state index in [4.69, 9.17) is 5.11 Å². The predicted molar refractivity (Wildman–Crippen MR) is 63.5 cm³/mol. The van der Waals surface area contributed by atoms with Gasteiger partial charge in [0.25, 0.3) is 0 Å². The zero-order chi connectivity index (χ0) is 14.9. The number of carbonyl (C=O) groups is 1. The van der Waals surface area contributed by atoms with Crippen molar-refractivity contribution in [2.45, 2.75) is 16.2 Å². The van der Waals surface area contributed by atoms with Crippen LogP contribution in [0.5, 0.6) is 0 Å². The lowest BCUT2D eigenvalue weighted by Crippen LogP contribution is -2.12. The van der Waals surface area contributed by atoms with E-state index in [1.807, 2.05) is 0 Å². The average molecular weight is 303 g/mol. The molecule has 0 fully saturated rings. The Morgan fingerprint density at radius 3 is 2.60 bits per heavy atom. The monoisotopic (exact) mass is 303 g/mol. The highest BCUT2D eigenvalue weighted by Gasteiger charge is 2.35. The molecule has 1 aromatic heterocycles. The van der Waals surface area contributed by atoms with Gasteiger partial charge in [0.05, 0.1) is 11.1 Å². The summed E-state index contributed by atoms with van der Waals surface area (Å²) in [7, 11) is 1.62. The van der Waals surface area contributed by atoms with Crippen LogP contribution in [0.1, 0.15) is 15.9 Å². The van der Waals surface area contributed by atoms with Crippen LogP contribution in [0, 0.1) is 0 Å². The van der Waals surface area contributed by atoms with Crippen LogP contribution in [0.2, 0.25) is 0 Å². The molecule has 0 saturated heterocycles. The molecule has 0 aliphatic heterocycles. The van der Waals surface area contributed by atoms with E-state index in [0.29, 0.717) is 10.1 Å². The highest BCUT2D eigenvalue weighted by atomic mass is 32.2. The zero-order valence-corrected chi connectivity index (χ0v) is 10.9. The Morgan fingerprint density at radius 1 is 1.40 bits per heavy atom. The van der Waals surface area contributed by atoms with E-state index in [2.05, 4.69) is 10.1 Å². The van der Waals surface area contributed by atoms with Crippen molar-refractivity contribution in [3.63, 3.8) is 0 Å². The molecule has 0 bridgehead atoms. The molecule has 1 N–H and O–H groups in total. The number of aromatic carboxylic acids is 1. The summed E-state index contributed by atoms with van der Waals surface area (Å²) in [4.78, 5) is 15.2. The highest BCUT2D eigenvalue weighted by Crippen LogP contribution is 2.35. The van der Waals surface area contributed by atoms with Crippen LogP contribution < -0.4 is 0 Å². The van der Waals surface area contributed by atoms with Crippen molar-refractivity contribution in [3.8, 4) is 0 Å². The number of nitrogens with zero attached hydrogens (tertiary/aromatic N) is 3. The lowest BCUT2D eigenvalue weighted by atomic mass is 10.1. The minimum atomic E-state index is -4.71. The van der Waals surface area contributed by atoms with Gasteiger partial charge in [0.2, 0.25) is 0 Å². The first kappa shape index (κ1) is 14.4. The van der Waals surface area contributed by atoms with Crippen molar-refractivity contribution in [2.75, 3.05) is 0 Å². The predicted octanol–water partition coefficient (Wildman–Crippen LogP) is 2.68. The van der Waals surface area contributed by atoms with Crippen molar-refractivity contribution in [3.05, 3.63) is 35.7 Å². The molecule has 20 heavy (non-hydrogen) atoms. The van der Waals surface area contributed by atoms with Crippen LogP contribution in [0.4, 0.5) is 13.2 Å². The van der Waals surface area contributed by atoms with Crippen LogP contribution in [0.3, 0.4) is 0 Å². The van der Waals surface area contributed by atoms with E-state index in [1.54, 1.807) is 7.05 Å². The second-order valence-electron chi connectivity index (χ2n) is 3.78. The number of alkyl halides is 3. The molecule has 0 atom stereocenters. The maximum Gasteiger partial charge on any atom is 0.417 e. The first-order valence-corrected chi connectivity index (χ1v) is 6.07.